The van der Waals surface area contributed by atoms with Crippen molar-refractivity contribution in [3.05, 3.63) is 18.0 Å². The zero-order valence-electron chi connectivity index (χ0n) is 14.2. The second kappa shape index (κ2) is 10.2. The van der Waals surface area contributed by atoms with Crippen LogP contribution in [0.4, 0.5) is 0 Å². The van der Waals surface area contributed by atoms with E-state index in [0.29, 0.717) is 0 Å². The van der Waals surface area contributed by atoms with E-state index in [2.05, 4.69) is 20.6 Å². The van der Waals surface area contributed by atoms with Crippen molar-refractivity contribution < 1.29 is 4.79 Å². The molecule has 3 rings (SSSR count). The Hall–Kier alpha value is -0.820. The van der Waals surface area contributed by atoms with Gasteiger partial charge in [0.25, 0.3) is 0 Å². The van der Waals surface area contributed by atoms with Crippen LogP contribution in [0, 0.1) is 5.92 Å². The number of aromatic nitrogens is 2. The van der Waals surface area contributed by atoms with E-state index in [1.807, 2.05) is 19.4 Å². The van der Waals surface area contributed by atoms with Gasteiger partial charge in [0, 0.05) is 45.3 Å². The molecule has 8 heteroatoms. The number of aryl methyl sites for hydroxylation is 1. The molecule has 2 saturated heterocycles. The number of likely N-dealkylation sites (tertiary alicyclic amines) is 1. The zero-order valence-corrected chi connectivity index (χ0v) is 15.9. The van der Waals surface area contributed by atoms with E-state index in [9.17, 15) is 4.79 Å². The summed E-state index contributed by atoms with van der Waals surface area (Å²) in [5.74, 6) is 0.435. The van der Waals surface area contributed by atoms with E-state index < -0.39 is 0 Å². The average molecular weight is 378 g/mol. The summed E-state index contributed by atoms with van der Waals surface area (Å²) in [5.41, 5.74) is 1.16. The van der Waals surface area contributed by atoms with Gasteiger partial charge < -0.3 is 15.5 Å². The molecular formula is C16H29Cl2N5O. The van der Waals surface area contributed by atoms with Gasteiger partial charge in [0.05, 0.1) is 12.1 Å². The molecule has 2 fully saturated rings. The molecule has 0 spiro atoms. The lowest BCUT2D eigenvalue weighted by Gasteiger charge is -2.26. The minimum Gasteiger partial charge on any atom is -0.355 e. The summed E-state index contributed by atoms with van der Waals surface area (Å²) in [6, 6.07) is 0. The third-order valence-electron chi connectivity index (χ3n) is 4.88. The summed E-state index contributed by atoms with van der Waals surface area (Å²) >= 11 is 0. The Bertz CT molecular complexity index is 504. The van der Waals surface area contributed by atoms with E-state index in [1.165, 1.54) is 32.4 Å². The number of nitrogens with one attached hydrogen (secondary N) is 2. The van der Waals surface area contributed by atoms with Crippen LogP contribution in [-0.4, -0.2) is 59.9 Å². The predicted molar refractivity (Wildman–Crippen MR) is 100 cm³/mol. The van der Waals surface area contributed by atoms with E-state index >= 15 is 0 Å². The molecule has 2 aliphatic rings. The van der Waals surface area contributed by atoms with E-state index in [0.717, 1.165) is 31.7 Å². The molecule has 2 N–H and O–H groups in total. The molecule has 2 atom stereocenters. The van der Waals surface area contributed by atoms with Crippen LogP contribution in [0.1, 0.15) is 30.7 Å². The van der Waals surface area contributed by atoms with Gasteiger partial charge in [0.1, 0.15) is 0 Å². The highest BCUT2D eigenvalue weighted by atomic mass is 35.5. The minimum absolute atomic E-state index is 0. The Kier molecular flexibility index (Phi) is 9.05. The Labute approximate surface area is 156 Å². The molecule has 0 unspecified atom stereocenters. The normalized spacial score (nSPS) is 24.0. The Morgan fingerprint density at radius 2 is 2.04 bits per heavy atom. The maximum atomic E-state index is 12.5. The largest absolute Gasteiger partial charge is 0.355 e. The SMILES string of the molecule is Cl.Cl.Cn1cc([C@H]2CNC[C@@H]2C(=O)NCCN2CCCCC2)cn1. The highest BCUT2D eigenvalue weighted by Gasteiger charge is 2.34. The zero-order chi connectivity index (χ0) is 15.4. The molecule has 1 amide bonds. The maximum Gasteiger partial charge on any atom is 0.225 e. The molecule has 0 bridgehead atoms. The van der Waals surface area contributed by atoms with Crippen LogP contribution >= 0.6 is 24.8 Å². The van der Waals surface area contributed by atoms with Gasteiger partial charge in [-0.2, -0.15) is 5.10 Å². The van der Waals surface area contributed by atoms with Crippen molar-refractivity contribution in [2.45, 2.75) is 25.2 Å². The number of piperidine rings is 1. The van der Waals surface area contributed by atoms with Crippen molar-refractivity contribution in [2.24, 2.45) is 13.0 Å². The summed E-state index contributed by atoms with van der Waals surface area (Å²) in [6.07, 6.45) is 7.84. The summed E-state index contributed by atoms with van der Waals surface area (Å²) in [6.45, 7) is 5.71. The Balaban J connectivity index is 0.00000144. The monoisotopic (exact) mass is 377 g/mol. The number of carbonyl (C=O) groups excluding carboxylic acids is 1. The first-order valence-corrected chi connectivity index (χ1v) is 8.43. The molecule has 2 aliphatic heterocycles. The predicted octanol–water partition coefficient (Wildman–Crippen LogP) is 1.17. The fourth-order valence-electron chi connectivity index (χ4n) is 3.59. The van der Waals surface area contributed by atoms with Crippen molar-refractivity contribution in [1.29, 1.82) is 0 Å². The minimum atomic E-state index is 0. The first kappa shape index (κ1) is 21.2. The molecule has 0 saturated carbocycles. The number of rotatable bonds is 5. The third kappa shape index (κ3) is 5.34. The summed E-state index contributed by atoms with van der Waals surface area (Å²) < 4.78 is 1.80. The molecule has 0 radical (unpaired) electrons. The molecule has 3 heterocycles. The fraction of sp³-hybridized carbons (Fsp3) is 0.750. The van der Waals surface area contributed by atoms with Gasteiger partial charge >= 0.3 is 0 Å². The quantitative estimate of drug-likeness (QED) is 0.808. The first-order valence-electron chi connectivity index (χ1n) is 8.43. The van der Waals surface area contributed by atoms with Crippen molar-refractivity contribution in [3.63, 3.8) is 0 Å². The van der Waals surface area contributed by atoms with Gasteiger partial charge in [-0.1, -0.05) is 6.42 Å². The van der Waals surface area contributed by atoms with Gasteiger partial charge in [-0.05, 0) is 31.5 Å². The average Bonchev–Trinajstić information content (AvgIpc) is 3.16. The maximum absolute atomic E-state index is 12.5. The molecule has 0 aromatic carbocycles. The Morgan fingerprint density at radius 1 is 1.29 bits per heavy atom. The highest BCUT2D eigenvalue weighted by molar-refractivity contribution is 5.85. The molecular weight excluding hydrogens is 349 g/mol. The number of nitrogens with zero attached hydrogens (tertiary/aromatic N) is 3. The lowest BCUT2D eigenvalue weighted by Crippen LogP contribution is -2.40. The number of carbonyl (C=O) groups is 1. The molecule has 1 aromatic rings. The van der Waals surface area contributed by atoms with Crippen molar-refractivity contribution in [1.82, 2.24) is 25.3 Å². The van der Waals surface area contributed by atoms with Crippen molar-refractivity contribution >= 4 is 30.7 Å². The number of halogens is 2. The Morgan fingerprint density at radius 3 is 2.71 bits per heavy atom. The van der Waals surface area contributed by atoms with Crippen LogP contribution in [-0.2, 0) is 11.8 Å². The molecule has 138 valence electrons. The lowest BCUT2D eigenvalue weighted by atomic mass is 9.90. The summed E-state index contributed by atoms with van der Waals surface area (Å²) in [4.78, 5) is 14.9. The number of hydrogen-bond donors (Lipinski definition) is 2. The van der Waals surface area contributed by atoms with Crippen molar-refractivity contribution in [3.8, 4) is 0 Å². The highest BCUT2D eigenvalue weighted by Crippen LogP contribution is 2.27. The van der Waals surface area contributed by atoms with Crippen LogP contribution in [0.5, 0.6) is 0 Å². The van der Waals surface area contributed by atoms with E-state index in [-0.39, 0.29) is 42.6 Å². The second-order valence-corrected chi connectivity index (χ2v) is 6.51. The third-order valence-corrected chi connectivity index (χ3v) is 4.88. The molecule has 1 aromatic heterocycles. The second-order valence-electron chi connectivity index (χ2n) is 6.51. The van der Waals surface area contributed by atoms with E-state index in [4.69, 9.17) is 0 Å². The van der Waals surface area contributed by atoms with Gasteiger partial charge in [0.15, 0.2) is 0 Å². The van der Waals surface area contributed by atoms with Crippen LogP contribution in [0.25, 0.3) is 0 Å². The molecule has 24 heavy (non-hydrogen) atoms. The topological polar surface area (TPSA) is 62.2 Å². The first-order chi connectivity index (χ1) is 10.7. The summed E-state index contributed by atoms with van der Waals surface area (Å²) in [5, 5.41) is 10.7. The lowest BCUT2D eigenvalue weighted by molar-refractivity contribution is -0.124. The molecule has 0 aliphatic carbocycles. The standard InChI is InChI=1S/C16H27N5O.2ClH/c1-20-12-13(9-19-20)14-10-17-11-15(14)16(22)18-5-8-21-6-3-2-4-7-21;;/h9,12,14-15,17H,2-8,10-11H2,1H3,(H,18,22);2*1H/t14-,15+;;/m1../s1. The fourth-order valence-corrected chi connectivity index (χ4v) is 3.59. The van der Waals surface area contributed by atoms with E-state index in [1.54, 1.807) is 4.68 Å². The smallest absolute Gasteiger partial charge is 0.225 e. The number of hydrogen-bond acceptors (Lipinski definition) is 4. The van der Waals surface area contributed by atoms with Gasteiger partial charge in [-0.15, -0.1) is 24.8 Å². The summed E-state index contributed by atoms with van der Waals surface area (Å²) in [7, 11) is 1.92. The van der Waals surface area contributed by atoms with Crippen LogP contribution in [0.2, 0.25) is 0 Å². The molecule has 6 nitrogen and oxygen atoms in total. The van der Waals surface area contributed by atoms with Gasteiger partial charge in [0.2, 0.25) is 5.91 Å². The van der Waals surface area contributed by atoms with Crippen LogP contribution in [0.3, 0.4) is 0 Å². The van der Waals surface area contributed by atoms with Crippen molar-refractivity contribution in [2.75, 3.05) is 39.3 Å². The van der Waals surface area contributed by atoms with Gasteiger partial charge in [-0.3, -0.25) is 9.48 Å². The van der Waals surface area contributed by atoms with Crippen LogP contribution < -0.4 is 10.6 Å². The van der Waals surface area contributed by atoms with Crippen LogP contribution in [0.15, 0.2) is 12.4 Å². The van der Waals surface area contributed by atoms with Gasteiger partial charge in [-0.25, -0.2) is 0 Å². The number of amides is 1.